The van der Waals surface area contributed by atoms with Gasteiger partial charge in [-0.3, -0.25) is 4.90 Å². The third-order valence-corrected chi connectivity index (χ3v) is 3.96. The molecule has 19 heavy (non-hydrogen) atoms. The van der Waals surface area contributed by atoms with Crippen LogP contribution in [0.5, 0.6) is 0 Å². The first kappa shape index (κ1) is 12.1. The summed E-state index contributed by atoms with van der Waals surface area (Å²) in [5.41, 5.74) is 1.76. The summed E-state index contributed by atoms with van der Waals surface area (Å²) in [7, 11) is 0. The number of carboxylic acid groups (broad SMARTS) is 1. The summed E-state index contributed by atoms with van der Waals surface area (Å²) in [5, 5.41) is 10.6. The number of nitrogens with zero attached hydrogens (tertiary/aromatic N) is 1. The third-order valence-electron chi connectivity index (χ3n) is 3.96. The lowest BCUT2D eigenvalue weighted by Gasteiger charge is -2.32. The average Bonchev–Trinajstić information content (AvgIpc) is 2.87. The molecule has 1 fully saturated rings. The zero-order valence-corrected chi connectivity index (χ0v) is 10.8. The molecule has 1 aromatic carbocycles. The second-order valence-electron chi connectivity index (χ2n) is 5.19. The van der Waals surface area contributed by atoms with Gasteiger partial charge in [-0.2, -0.15) is 0 Å². The van der Waals surface area contributed by atoms with Crippen LogP contribution in [0.15, 0.2) is 30.5 Å². The Hall–Kier alpha value is -1.97. The van der Waals surface area contributed by atoms with Gasteiger partial charge in [0.15, 0.2) is 0 Å². The van der Waals surface area contributed by atoms with E-state index in [4.69, 9.17) is 0 Å². The Morgan fingerprint density at radius 1 is 1.21 bits per heavy atom. The van der Waals surface area contributed by atoms with E-state index < -0.39 is 6.09 Å². The predicted molar refractivity (Wildman–Crippen MR) is 75.7 cm³/mol. The Kier molecular flexibility index (Phi) is 3.15. The topological polar surface area (TPSA) is 56.3 Å². The van der Waals surface area contributed by atoms with E-state index in [1.165, 1.54) is 6.42 Å². The van der Waals surface area contributed by atoms with Crippen molar-refractivity contribution in [3.05, 3.63) is 30.5 Å². The van der Waals surface area contributed by atoms with Crippen molar-refractivity contribution in [2.75, 3.05) is 4.90 Å². The molecule has 1 heterocycles. The van der Waals surface area contributed by atoms with Gasteiger partial charge in [-0.25, -0.2) is 4.79 Å². The third kappa shape index (κ3) is 2.30. The Morgan fingerprint density at radius 2 is 2.00 bits per heavy atom. The normalized spacial score (nSPS) is 16.6. The van der Waals surface area contributed by atoms with Crippen LogP contribution in [0, 0.1) is 0 Å². The molecular formula is C15H18N2O2. The largest absolute Gasteiger partial charge is 0.465 e. The fourth-order valence-electron chi connectivity index (χ4n) is 3.00. The van der Waals surface area contributed by atoms with Crippen molar-refractivity contribution in [1.29, 1.82) is 0 Å². The van der Waals surface area contributed by atoms with Gasteiger partial charge in [-0.05, 0) is 36.4 Å². The Bertz CT molecular complexity index is 585. The first-order valence-corrected chi connectivity index (χ1v) is 6.85. The highest BCUT2D eigenvalue weighted by Crippen LogP contribution is 2.29. The quantitative estimate of drug-likeness (QED) is 0.855. The molecule has 4 heteroatoms. The highest BCUT2D eigenvalue weighted by Gasteiger charge is 2.26. The van der Waals surface area contributed by atoms with Crippen LogP contribution in [0.1, 0.15) is 32.1 Å². The number of aromatic nitrogens is 1. The van der Waals surface area contributed by atoms with E-state index >= 15 is 0 Å². The zero-order valence-electron chi connectivity index (χ0n) is 10.8. The molecule has 2 N–H and O–H groups in total. The van der Waals surface area contributed by atoms with Gasteiger partial charge in [-0.15, -0.1) is 0 Å². The molecule has 3 rings (SSSR count). The molecule has 4 nitrogen and oxygen atoms in total. The summed E-state index contributed by atoms with van der Waals surface area (Å²) in [6.07, 6.45) is 6.43. The number of carbonyl (C=O) groups is 1. The lowest BCUT2D eigenvalue weighted by Crippen LogP contribution is -2.40. The van der Waals surface area contributed by atoms with E-state index in [1.54, 1.807) is 4.90 Å². The number of benzene rings is 1. The fourth-order valence-corrected chi connectivity index (χ4v) is 3.00. The van der Waals surface area contributed by atoms with Gasteiger partial charge < -0.3 is 10.1 Å². The van der Waals surface area contributed by atoms with Crippen LogP contribution < -0.4 is 4.90 Å². The van der Waals surface area contributed by atoms with E-state index in [9.17, 15) is 9.90 Å². The SMILES string of the molecule is O=C(O)N(c1ccc2cc[nH]c2c1)C1CCCCC1. The number of fused-ring (bicyclic) bond motifs is 1. The first-order chi connectivity index (χ1) is 9.25. The summed E-state index contributed by atoms with van der Waals surface area (Å²) in [4.78, 5) is 16.3. The molecule has 1 aromatic heterocycles. The van der Waals surface area contributed by atoms with E-state index in [-0.39, 0.29) is 6.04 Å². The van der Waals surface area contributed by atoms with E-state index in [0.717, 1.165) is 42.3 Å². The average molecular weight is 258 g/mol. The van der Waals surface area contributed by atoms with Crippen molar-refractivity contribution in [3.8, 4) is 0 Å². The van der Waals surface area contributed by atoms with Crippen LogP contribution in [-0.2, 0) is 0 Å². The molecule has 0 bridgehead atoms. The highest BCUT2D eigenvalue weighted by atomic mass is 16.4. The smallest absolute Gasteiger partial charge is 0.412 e. The van der Waals surface area contributed by atoms with Gasteiger partial charge in [0.1, 0.15) is 0 Å². The van der Waals surface area contributed by atoms with E-state index in [0.29, 0.717) is 0 Å². The van der Waals surface area contributed by atoms with Crippen molar-refractivity contribution in [3.63, 3.8) is 0 Å². The minimum atomic E-state index is -0.849. The van der Waals surface area contributed by atoms with Crippen LogP contribution in [0.4, 0.5) is 10.5 Å². The number of H-pyrrole nitrogens is 1. The first-order valence-electron chi connectivity index (χ1n) is 6.85. The van der Waals surface area contributed by atoms with Crippen molar-refractivity contribution >= 4 is 22.7 Å². The van der Waals surface area contributed by atoms with Crippen LogP contribution in [0.3, 0.4) is 0 Å². The molecule has 0 radical (unpaired) electrons. The number of aromatic amines is 1. The number of anilines is 1. The molecule has 100 valence electrons. The maximum atomic E-state index is 11.6. The predicted octanol–water partition coefficient (Wildman–Crippen LogP) is 3.99. The summed E-state index contributed by atoms with van der Waals surface area (Å²) in [6.45, 7) is 0. The van der Waals surface area contributed by atoms with Gasteiger partial charge in [-0.1, -0.05) is 25.3 Å². The molecule has 1 aliphatic rings. The van der Waals surface area contributed by atoms with E-state index in [1.807, 2.05) is 30.5 Å². The number of nitrogens with one attached hydrogen (secondary N) is 1. The standard InChI is InChI=1S/C15H18N2O2/c18-15(19)17(12-4-2-1-3-5-12)13-7-6-11-8-9-16-14(11)10-13/h6-10,12,16H,1-5H2,(H,18,19). The number of hydrogen-bond donors (Lipinski definition) is 2. The second kappa shape index (κ2) is 4.96. The fraction of sp³-hybridized carbons (Fsp3) is 0.400. The van der Waals surface area contributed by atoms with Crippen molar-refractivity contribution < 1.29 is 9.90 Å². The monoisotopic (exact) mass is 258 g/mol. The van der Waals surface area contributed by atoms with Gasteiger partial charge in [0.05, 0.1) is 0 Å². The molecular weight excluding hydrogens is 240 g/mol. The summed E-state index contributed by atoms with van der Waals surface area (Å²) < 4.78 is 0. The molecule has 1 saturated carbocycles. The zero-order chi connectivity index (χ0) is 13.2. The summed E-state index contributed by atoms with van der Waals surface area (Å²) >= 11 is 0. The molecule has 0 atom stereocenters. The maximum Gasteiger partial charge on any atom is 0.412 e. The van der Waals surface area contributed by atoms with Crippen LogP contribution >= 0.6 is 0 Å². The maximum absolute atomic E-state index is 11.6. The summed E-state index contributed by atoms with van der Waals surface area (Å²) in [6, 6.07) is 7.92. The van der Waals surface area contributed by atoms with Gasteiger partial charge in [0.25, 0.3) is 0 Å². The Balaban J connectivity index is 1.95. The second-order valence-corrected chi connectivity index (χ2v) is 5.19. The molecule has 0 aliphatic heterocycles. The molecule has 1 amide bonds. The lowest BCUT2D eigenvalue weighted by molar-refractivity contribution is 0.196. The number of amides is 1. The molecule has 0 unspecified atom stereocenters. The molecule has 0 spiro atoms. The Morgan fingerprint density at radius 3 is 2.74 bits per heavy atom. The minimum Gasteiger partial charge on any atom is -0.465 e. The Labute approximate surface area is 112 Å². The van der Waals surface area contributed by atoms with Crippen molar-refractivity contribution in [1.82, 2.24) is 4.98 Å². The van der Waals surface area contributed by atoms with Gasteiger partial charge in [0.2, 0.25) is 0 Å². The number of hydrogen-bond acceptors (Lipinski definition) is 1. The molecule has 1 aliphatic carbocycles. The summed E-state index contributed by atoms with van der Waals surface area (Å²) in [5.74, 6) is 0. The highest BCUT2D eigenvalue weighted by molar-refractivity contribution is 5.91. The van der Waals surface area contributed by atoms with Crippen LogP contribution in [-0.4, -0.2) is 22.2 Å². The van der Waals surface area contributed by atoms with Crippen molar-refractivity contribution in [2.45, 2.75) is 38.1 Å². The van der Waals surface area contributed by atoms with Crippen LogP contribution in [0.2, 0.25) is 0 Å². The van der Waals surface area contributed by atoms with Gasteiger partial charge >= 0.3 is 6.09 Å². The van der Waals surface area contributed by atoms with Crippen molar-refractivity contribution in [2.24, 2.45) is 0 Å². The van der Waals surface area contributed by atoms with Crippen LogP contribution in [0.25, 0.3) is 10.9 Å². The lowest BCUT2D eigenvalue weighted by atomic mass is 9.94. The van der Waals surface area contributed by atoms with Gasteiger partial charge in [0, 0.05) is 23.4 Å². The molecule has 2 aromatic rings. The number of rotatable bonds is 2. The molecule has 0 saturated heterocycles. The minimum absolute atomic E-state index is 0.124. The van der Waals surface area contributed by atoms with E-state index in [2.05, 4.69) is 4.98 Å².